The molecule has 0 bridgehead atoms. The fourth-order valence-electron chi connectivity index (χ4n) is 3.28. The summed E-state index contributed by atoms with van der Waals surface area (Å²) in [4.78, 5) is 61.5. The van der Waals surface area contributed by atoms with Crippen LogP contribution in [0.1, 0.15) is 18.4 Å². The molecule has 2 heterocycles. The van der Waals surface area contributed by atoms with Crippen LogP contribution < -0.4 is 5.32 Å². The van der Waals surface area contributed by atoms with E-state index in [2.05, 4.69) is 5.32 Å². The number of carbonyl (C=O) groups is 5. The number of benzene rings is 1. The Labute approximate surface area is 174 Å². The number of hydrogen-bond acceptors (Lipinski definition) is 7. The molecule has 1 aromatic carbocycles. The molecule has 3 atom stereocenters. The molecule has 158 valence electrons. The van der Waals surface area contributed by atoms with Gasteiger partial charge in [-0.05, 0) is 12.5 Å². The molecule has 2 aliphatic heterocycles. The van der Waals surface area contributed by atoms with Gasteiger partial charge in [0.2, 0.25) is 5.91 Å². The van der Waals surface area contributed by atoms with Crippen molar-refractivity contribution in [2.45, 2.75) is 24.3 Å². The van der Waals surface area contributed by atoms with Gasteiger partial charge in [0.15, 0.2) is 5.92 Å². The molecule has 10 nitrogen and oxygen atoms in total. The summed E-state index contributed by atoms with van der Waals surface area (Å²) in [6.45, 7) is 1.62. The van der Waals surface area contributed by atoms with Gasteiger partial charge in [0.05, 0.1) is 12.2 Å². The topological polar surface area (TPSA) is 150 Å². The monoisotopic (exact) mass is 434 g/mol. The van der Waals surface area contributed by atoms with Crippen LogP contribution in [0.25, 0.3) is 0 Å². The maximum absolute atomic E-state index is 12.6. The second-order valence-electron chi connectivity index (χ2n) is 6.43. The zero-order chi connectivity index (χ0) is 22.0. The Kier molecular flexibility index (Phi) is 6.11. The summed E-state index contributed by atoms with van der Waals surface area (Å²) in [5.74, 6) is -6.84. The zero-order valence-corrected chi connectivity index (χ0v) is 16.5. The van der Waals surface area contributed by atoms with Gasteiger partial charge in [-0.25, -0.2) is 9.59 Å². The number of fused-ring (bicyclic) bond motifs is 1. The van der Waals surface area contributed by atoms with Gasteiger partial charge < -0.3 is 20.3 Å². The Morgan fingerprint density at radius 2 is 1.90 bits per heavy atom. The first kappa shape index (κ1) is 21.4. The summed E-state index contributed by atoms with van der Waals surface area (Å²) in [6, 6.07) is 6.72. The Morgan fingerprint density at radius 3 is 2.47 bits per heavy atom. The summed E-state index contributed by atoms with van der Waals surface area (Å²) < 4.78 is 4.86. The normalized spacial score (nSPS) is 21.2. The van der Waals surface area contributed by atoms with Crippen molar-refractivity contribution in [2.75, 3.05) is 12.4 Å². The van der Waals surface area contributed by atoms with E-state index < -0.39 is 52.8 Å². The van der Waals surface area contributed by atoms with E-state index in [0.29, 0.717) is 0 Å². The van der Waals surface area contributed by atoms with E-state index in [1.165, 1.54) is 12.1 Å². The van der Waals surface area contributed by atoms with E-state index in [1.807, 2.05) is 0 Å². The summed E-state index contributed by atoms with van der Waals surface area (Å²) >= 11 is 1.09. The van der Waals surface area contributed by atoms with Crippen LogP contribution in [0.3, 0.4) is 0 Å². The molecule has 0 aliphatic carbocycles. The first-order valence-corrected chi connectivity index (χ1v) is 9.99. The highest BCUT2D eigenvalue weighted by Crippen LogP contribution is 2.40. The molecule has 1 aromatic rings. The van der Waals surface area contributed by atoms with Gasteiger partial charge in [-0.15, -0.1) is 11.8 Å². The highest BCUT2D eigenvalue weighted by molar-refractivity contribution is 8.00. The van der Waals surface area contributed by atoms with Gasteiger partial charge >= 0.3 is 17.9 Å². The van der Waals surface area contributed by atoms with Crippen LogP contribution in [0.15, 0.2) is 41.6 Å². The summed E-state index contributed by atoms with van der Waals surface area (Å²) in [5, 5.41) is 20.6. The maximum atomic E-state index is 12.6. The smallest absolute Gasteiger partial charge is 0.353 e. The first-order chi connectivity index (χ1) is 14.3. The van der Waals surface area contributed by atoms with Gasteiger partial charge in [-0.1, -0.05) is 30.3 Å². The van der Waals surface area contributed by atoms with Crippen LogP contribution in [0.2, 0.25) is 0 Å². The molecule has 30 heavy (non-hydrogen) atoms. The predicted molar refractivity (Wildman–Crippen MR) is 103 cm³/mol. The Hall–Kier alpha value is -3.34. The molecule has 0 aromatic heterocycles. The fraction of sp³-hybridized carbons (Fsp3) is 0.316. The third-order valence-corrected chi connectivity index (χ3v) is 5.91. The SMILES string of the molecule is CCOC(=O)C1=C(C(=O)O)N2C(=O)C(NC(=O)C(C(=O)O)c3ccccc3)[C@@H]2SC1. The van der Waals surface area contributed by atoms with Gasteiger partial charge in [-0.2, -0.15) is 0 Å². The van der Waals surface area contributed by atoms with Gasteiger partial charge in [0.25, 0.3) is 5.91 Å². The number of rotatable bonds is 7. The third-order valence-electron chi connectivity index (χ3n) is 4.63. The molecule has 1 saturated heterocycles. The molecule has 2 aliphatic rings. The van der Waals surface area contributed by atoms with Crippen LogP contribution >= 0.6 is 11.8 Å². The Balaban J connectivity index is 1.81. The molecule has 3 N–H and O–H groups in total. The number of carbonyl (C=O) groups excluding carboxylic acids is 3. The van der Waals surface area contributed by atoms with E-state index in [0.717, 1.165) is 16.7 Å². The fourth-order valence-corrected chi connectivity index (χ4v) is 4.61. The van der Waals surface area contributed by atoms with Crippen LogP contribution in [0, 0.1) is 0 Å². The molecule has 2 unspecified atom stereocenters. The number of amides is 2. The van der Waals surface area contributed by atoms with Crippen molar-refractivity contribution in [1.82, 2.24) is 10.2 Å². The standard InChI is InChI=1S/C19H18N2O8S/c1-2-29-19(28)10-8-30-16-12(15(23)21(16)13(10)18(26)27)20-14(22)11(17(24)25)9-6-4-3-5-7-9/h3-7,11-12,16H,2,8H2,1H3,(H,20,22)(H,24,25)(H,26,27)/t11?,12?,16-/m0/s1. The molecule has 2 amide bonds. The van der Waals surface area contributed by atoms with E-state index in [-0.39, 0.29) is 23.5 Å². The van der Waals surface area contributed by atoms with Gasteiger partial charge in [-0.3, -0.25) is 19.3 Å². The van der Waals surface area contributed by atoms with Crippen molar-refractivity contribution in [3.05, 3.63) is 47.2 Å². The first-order valence-electron chi connectivity index (χ1n) is 8.94. The Morgan fingerprint density at radius 1 is 1.23 bits per heavy atom. The number of esters is 1. The molecular weight excluding hydrogens is 416 g/mol. The second-order valence-corrected chi connectivity index (χ2v) is 7.54. The molecular formula is C19H18N2O8S. The number of hydrogen-bond donors (Lipinski definition) is 3. The lowest BCUT2D eigenvalue weighted by Crippen LogP contribution is -2.71. The van der Waals surface area contributed by atoms with Crippen molar-refractivity contribution in [3.63, 3.8) is 0 Å². The predicted octanol–water partition coefficient (Wildman–Crippen LogP) is 0.157. The maximum Gasteiger partial charge on any atom is 0.353 e. The van der Waals surface area contributed by atoms with Crippen LogP contribution in [0.5, 0.6) is 0 Å². The minimum absolute atomic E-state index is 0.0255. The highest BCUT2D eigenvalue weighted by atomic mass is 32.2. The lowest BCUT2D eigenvalue weighted by molar-refractivity contribution is -0.153. The average molecular weight is 434 g/mol. The van der Waals surface area contributed by atoms with Gasteiger partial charge in [0, 0.05) is 5.75 Å². The average Bonchev–Trinajstić information content (AvgIpc) is 2.71. The van der Waals surface area contributed by atoms with Crippen molar-refractivity contribution >= 4 is 41.5 Å². The van der Waals surface area contributed by atoms with Crippen molar-refractivity contribution in [1.29, 1.82) is 0 Å². The minimum Gasteiger partial charge on any atom is -0.480 e. The van der Waals surface area contributed by atoms with E-state index in [1.54, 1.807) is 25.1 Å². The number of carboxylic acid groups (broad SMARTS) is 2. The molecule has 3 rings (SSSR count). The molecule has 11 heteroatoms. The lowest BCUT2D eigenvalue weighted by atomic mass is 9.96. The van der Waals surface area contributed by atoms with E-state index in [4.69, 9.17) is 4.74 Å². The van der Waals surface area contributed by atoms with Crippen molar-refractivity contribution < 1.29 is 38.9 Å². The van der Waals surface area contributed by atoms with E-state index >= 15 is 0 Å². The number of aliphatic carboxylic acids is 2. The number of β-lactam (4-membered cyclic amide) rings is 1. The summed E-state index contributed by atoms with van der Waals surface area (Å²) in [5.41, 5.74) is -0.375. The Bertz CT molecular complexity index is 945. The summed E-state index contributed by atoms with van der Waals surface area (Å²) in [6.07, 6.45) is 0. The van der Waals surface area contributed by atoms with Crippen LogP contribution in [-0.4, -0.2) is 68.6 Å². The minimum atomic E-state index is -1.52. The second kappa shape index (κ2) is 8.57. The largest absolute Gasteiger partial charge is 0.480 e. The van der Waals surface area contributed by atoms with Crippen molar-refractivity contribution in [3.8, 4) is 0 Å². The van der Waals surface area contributed by atoms with Gasteiger partial charge in [0.1, 0.15) is 17.1 Å². The number of carboxylic acids is 2. The number of thioether (sulfide) groups is 1. The zero-order valence-electron chi connectivity index (χ0n) is 15.7. The molecule has 0 saturated carbocycles. The molecule has 1 fully saturated rings. The van der Waals surface area contributed by atoms with Crippen LogP contribution in [-0.2, 0) is 28.7 Å². The third kappa shape index (κ3) is 3.75. The van der Waals surface area contributed by atoms with Crippen LogP contribution in [0.4, 0.5) is 0 Å². The van der Waals surface area contributed by atoms with Crippen molar-refractivity contribution in [2.24, 2.45) is 0 Å². The molecule has 0 spiro atoms. The molecule has 0 radical (unpaired) electrons. The summed E-state index contributed by atoms with van der Waals surface area (Å²) in [7, 11) is 0. The number of ether oxygens (including phenoxy) is 1. The quantitative estimate of drug-likeness (QED) is 0.310. The lowest BCUT2D eigenvalue weighted by Gasteiger charge is -2.49. The number of nitrogens with zero attached hydrogens (tertiary/aromatic N) is 1. The van der Waals surface area contributed by atoms with E-state index in [9.17, 15) is 34.2 Å². The highest BCUT2D eigenvalue weighted by Gasteiger charge is 2.55. The number of nitrogens with one attached hydrogen (secondary N) is 1.